The van der Waals surface area contributed by atoms with Crippen LogP contribution in [0.1, 0.15) is 77.9 Å². The van der Waals surface area contributed by atoms with Gasteiger partial charge in [0.25, 0.3) is 5.91 Å². The van der Waals surface area contributed by atoms with E-state index in [0.717, 1.165) is 62.9 Å². The van der Waals surface area contributed by atoms with Crippen molar-refractivity contribution >= 4 is 23.2 Å². The van der Waals surface area contributed by atoms with E-state index in [1.54, 1.807) is 11.3 Å². The normalized spacial score (nSPS) is 24.2. The summed E-state index contributed by atoms with van der Waals surface area (Å²) in [5, 5.41) is 3.26. The number of nitrogens with one attached hydrogen (secondary N) is 1. The van der Waals surface area contributed by atoms with Crippen LogP contribution >= 0.6 is 11.3 Å². The number of likely N-dealkylation sites (tertiary alicyclic amines) is 1. The van der Waals surface area contributed by atoms with Crippen molar-refractivity contribution in [1.29, 1.82) is 0 Å². The predicted molar refractivity (Wildman–Crippen MR) is 105 cm³/mol. The molecule has 0 radical (unpaired) electrons. The molecule has 5 heteroatoms. The zero-order valence-corrected chi connectivity index (χ0v) is 16.4. The molecular weight excluding hydrogens is 344 g/mol. The lowest BCUT2D eigenvalue weighted by atomic mass is 9.87. The van der Waals surface area contributed by atoms with Crippen LogP contribution in [-0.4, -0.2) is 35.8 Å². The molecule has 4 rings (SSSR count). The van der Waals surface area contributed by atoms with Gasteiger partial charge in [-0.3, -0.25) is 9.59 Å². The molecule has 1 saturated carbocycles. The van der Waals surface area contributed by atoms with Gasteiger partial charge in [-0.1, -0.05) is 25.7 Å². The summed E-state index contributed by atoms with van der Waals surface area (Å²) in [6.07, 6.45) is 12.1. The molecule has 1 aromatic heterocycles. The van der Waals surface area contributed by atoms with E-state index in [0.29, 0.717) is 6.04 Å². The number of thiophene rings is 1. The lowest BCUT2D eigenvalue weighted by Crippen LogP contribution is -2.39. The molecule has 0 bridgehead atoms. The van der Waals surface area contributed by atoms with E-state index in [1.807, 2.05) is 4.90 Å². The van der Waals surface area contributed by atoms with Crippen LogP contribution in [0.3, 0.4) is 0 Å². The summed E-state index contributed by atoms with van der Waals surface area (Å²) in [6.45, 7) is 1.79. The summed E-state index contributed by atoms with van der Waals surface area (Å²) in [4.78, 5) is 29.7. The maximum atomic E-state index is 12.9. The second-order valence-electron chi connectivity index (χ2n) is 8.20. The number of hydrogen-bond acceptors (Lipinski definition) is 3. The Hall–Kier alpha value is -1.36. The van der Waals surface area contributed by atoms with Crippen LogP contribution in [0.2, 0.25) is 0 Å². The predicted octanol–water partition coefficient (Wildman–Crippen LogP) is 3.93. The number of nitrogens with zero attached hydrogens (tertiary/aromatic N) is 1. The molecule has 2 fully saturated rings. The van der Waals surface area contributed by atoms with Crippen molar-refractivity contribution < 1.29 is 9.59 Å². The van der Waals surface area contributed by atoms with Gasteiger partial charge in [0.2, 0.25) is 5.91 Å². The fourth-order valence-corrected chi connectivity index (χ4v) is 5.85. The van der Waals surface area contributed by atoms with Crippen molar-refractivity contribution in [3.8, 4) is 0 Å². The molecule has 1 aliphatic heterocycles. The maximum absolute atomic E-state index is 12.9. The number of hydrogen-bond donors (Lipinski definition) is 1. The Kier molecular flexibility index (Phi) is 5.63. The van der Waals surface area contributed by atoms with Gasteiger partial charge in [0, 0.05) is 29.9 Å². The van der Waals surface area contributed by atoms with E-state index < -0.39 is 0 Å². The van der Waals surface area contributed by atoms with Crippen LogP contribution < -0.4 is 5.32 Å². The summed E-state index contributed by atoms with van der Waals surface area (Å²) in [7, 11) is 0. The molecule has 1 aromatic rings. The SMILES string of the molecule is O=C(NC1CCCC1)C1CCc2sc(C(=O)N3CCCCCC3)cc2C1. The molecule has 1 unspecified atom stereocenters. The zero-order chi connectivity index (χ0) is 17.9. The molecule has 3 aliphatic rings. The average molecular weight is 375 g/mol. The number of carbonyl (C=O) groups excluding carboxylic acids is 2. The standard InChI is InChI=1S/C21H30N2O2S/c24-20(22-17-7-3-4-8-17)15-9-10-18-16(13-15)14-19(26-18)21(25)23-11-5-1-2-6-12-23/h14-15,17H,1-13H2,(H,22,24). The highest BCUT2D eigenvalue weighted by Crippen LogP contribution is 2.33. The van der Waals surface area contributed by atoms with E-state index in [9.17, 15) is 9.59 Å². The van der Waals surface area contributed by atoms with Crippen molar-refractivity contribution in [3.63, 3.8) is 0 Å². The Morgan fingerprint density at radius 1 is 1.00 bits per heavy atom. The third-order valence-corrected chi connectivity index (χ3v) is 7.48. The Morgan fingerprint density at radius 3 is 2.46 bits per heavy atom. The minimum atomic E-state index is 0.0823. The average Bonchev–Trinajstić information content (AvgIpc) is 3.23. The smallest absolute Gasteiger partial charge is 0.263 e. The van der Waals surface area contributed by atoms with Crippen LogP contribution in [0.4, 0.5) is 0 Å². The number of aryl methyl sites for hydroxylation is 1. The molecule has 26 heavy (non-hydrogen) atoms. The molecule has 1 saturated heterocycles. The summed E-state index contributed by atoms with van der Waals surface area (Å²) in [5.41, 5.74) is 1.24. The van der Waals surface area contributed by atoms with E-state index in [2.05, 4.69) is 11.4 Å². The maximum Gasteiger partial charge on any atom is 0.263 e. The number of fused-ring (bicyclic) bond motifs is 1. The van der Waals surface area contributed by atoms with Crippen molar-refractivity contribution in [1.82, 2.24) is 10.2 Å². The topological polar surface area (TPSA) is 49.4 Å². The second kappa shape index (κ2) is 8.12. The highest BCUT2D eigenvalue weighted by atomic mass is 32.1. The molecular formula is C21H30N2O2S. The summed E-state index contributed by atoms with van der Waals surface area (Å²) in [5.74, 6) is 0.520. The second-order valence-corrected chi connectivity index (χ2v) is 9.33. The fourth-order valence-electron chi connectivity index (χ4n) is 4.67. The van der Waals surface area contributed by atoms with Crippen molar-refractivity contribution in [2.45, 2.75) is 76.7 Å². The lowest BCUT2D eigenvalue weighted by molar-refractivity contribution is -0.126. The Balaban J connectivity index is 1.40. The molecule has 0 aromatic carbocycles. The van der Waals surface area contributed by atoms with E-state index in [4.69, 9.17) is 0 Å². The first-order valence-corrected chi connectivity index (χ1v) is 11.2. The molecule has 4 nitrogen and oxygen atoms in total. The summed E-state index contributed by atoms with van der Waals surface area (Å²) in [6, 6.07) is 2.48. The molecule has 1 atom stereocenters. The Labute approximate surface area is 160 Å². The fraction of sp³-hybridized carbons (Fsp3) is 0.714. The van der Waals surface area contributed by atoms with Crippen LogP contribution in [0, 0.1) is 5.92 Å². The summed E-state index contributed by atoms with van der Waals surface area (Å²) >= 11 is 1.67. The highest BCUT2D eigenvalue weighted by molar-refractivity contribution is 7.14. The lowest BCUT2D eigenvalue weighted by Gasteiger charge is -2.23. The molecule has 0 spiro atoms. The van der Waals surface area contributed by atoms with Crippen molar-refractivity contribution in [2.24, 2.45) is 5.92 Å². The Morgan fingerprint density at radius 2 is 1.73 bits per heavy atom. The quantitative estimate of drug-likeness (QED) is 0.871. The van der Waals surface area contributed by atoms with Crippen molar-refractivity contribution in [3.05, 3.63) is 21.4 Å². The van der Waals surface area contributed by atoms with Gasteiger partial charge in [0.05, 0.1) is 4.88 Å². The van der Waals surface area contributed by atoms with Gasteiger partial charge in [-0.15, -0.1) is 11.3 Å². The van der Waals surface area contributed by atoms with E-state index >= 15 is 0 Å². The van der Waals surface area contributed by atoms with Gasteiger partial charge in [-0.2, -0.15) is 0 Å². The van der Waals surface area contributed by atoms with Gasteiger partial charge in [0.15, 0.2) is 0 Å². The largest absolute Gasteiger partial charge is 0.353 e. The minimum absolute atomic E-state index is 0.0823. The van der Waals surface area contributed by atoms with Gasteiger partial charge < -0.3 is 10.2 Å². The first-order chi connectivity index (χ1) is 12.7. The van der Waals surface area contributed by atoms with Crippen molar-refractivity contribution in [2.75, 3.05) is 13.1 Å². The van der Waals surface area contributed by atoms with Crippen LogP contribution in [-0.2, 0) is 17.6 Å². The first kappa shape index (κ1) is 18.0. The van der Waals surface area contributed by atoms with E-state index in [1.165, 1.54) is 36.1 Å². The van der Waals surface area contributed by atoms with Gasteiger partial charge >= 0.3 is 0 Å². The van der Waals surface area contributed by atoms with Gasteiger partial charge in [-0.25, -0.2) is 0 Å². The molecule has 1 N–H and O–H groups in total. The minimum Gasteiger partial charge on any atom is -0.353 e. The first-order valence-electron chi connectivity index (χ1n) is 10.4. The van der Waals surface area contributed by atoms with E-state index in [-0.39, 0.29) is 17.7 Å². The molecule has 2 heterocycles. The third-order valence-electron chi connectivity index (χ3n) is 6.26. The van der Waals surface area contributed by atoms with Gasteiger partial charge in [0.1, 0.15) is 0 Å². The summed E-state index contributed by atoms with van der Waals surface area (Å²) < 4.78 is 0. The third kappa shape index (κ3) is 3.98. The molecule has 2 aliphatic carbocycles. The zero-order valence-electron chi connectivity index (χ0n) is 15.6. The van der Waals surface area contributed by atoms with Crippen LogP contribution in [0.15, 0.2) is 6.07 Å². The number of carbonyl (C=O) groups is 2. The number of rotatable bonds is 3. The number of amides is 2. The molecule has 142 valence electrons. The monoisotopic (exact) mass is 374 g/mol. The van der Waals surface area contributed by atoms with Gasteiger partial charge in [-0.05, 0) is 56.6 Å². The van der Waals surface area contributed by atoms with Crippen LogP contribution in [0.5, 0.6) is 0 Å². The molecule has 2 amide bonds. The van der Waals surface area contributed by atoms with Crippen LogP contribution in [0.25, 0.3) is 0 Å². The highest BCUT2D eigenvalue weighted by Gasteiger charge is 2.30. The Bertz CT molecular complexity index is 655.